The van der Waals surface area contributed by atoms with Crippen molar-refractivity contribution in [2.75, 3.05) is 0 Å². The molecule has 12 heavy (non-hydrogen) atoms. The third-order valence-corrected chi connectivity index (χ3v) is 3.58. The third kappa shape index (κ3) is 0.780. The molecule has 2 bridgehead atoms. The Kier molecular flexibility index (Phi) is 1.39. The second kappa shape index (κ2) is 2.12. The van der Waals surface area contributed by atoms with Crippen molar-refractivity contribution >= 4 is 5.91 Å². The van der Waals surface area contributed by atoms with Crippen LogP contribution in [0, 0.1) is 17.3 Å². The highest BCUT2D eigenvalue weighted by Crippen LogP contribution is 2.55. The summed E-state index contributed by atoms with van der Waals surface area (Å²) in [5.41, 5.74) is 1.50. The first-order valence-electron chi connectivity index (χ1n) is 4.50. The number of amides is 1. The van der Waals surface area contributed by atoms with Gasteiger partial charge >= 0.3 is 0 Å². The van der Waals surface area contributed by atoms with Gasteiger partial charge in [-0.25, -0.2) is 0 Å². The first-order valence-corrected chi connectivity index (χ1v) is 4.50. The summed E-state index contributed by atoms with van der Waals surface area (Å²) >= 11 is 0. The van der Waals surface area contributed by atoms with Gasteiger partial charge < -0.3 is 5.32 Å². The number of hydrogen-bond acceptors (Lipinski definition) is 1. The number of carbonyl (C=O) groups is 1. The molecule has 2 heteroatoms. The molecule has 1 saturated carbocycles. The second-order valence-corrected chi connectivity index (χ2v) is 4.56. The average molecular weight is 165 g/mol. The third-order valence-electron chi connectivity index (χ3n) is 3.58. The predicted octanol–water partition coefficient (Wildman–Crippen LogP) is 1.68. The monoisotopic (exact) mass is 165 g/mol. The van der Waals surface area contributed by atoms with E-state index in [1.54, 1.807) is 0 Å². The second-order valence-electron chi connectivity index (χ2n) is 4.56. The maximum Gasteiger partial charge on any atom is 0.227 e. The smallest absolute Gasteiger partial charge is 0.227 e. The summed E-state index contributed by atoms with van der Waals surface area (Å²) in [4.78, 5) is 11.5. The number of rotatable bonds is 0. The number of hydrogen-bond donors (Lipinski definition) is 1. The molecule has 66 valence electrons. The molecule has 1 fully saturated rings. The Morgan fingerprint density at radius 2 is 2.17 bits per heavy atom. The molecule has 2 atom stereocenters. The van der Waals surface area contributed by atoms with E-state index in [0.29, 0.717) is 5.92 Å². The SMILES string of the molecule is CC1=CNC(=O)C2CC1C2(C)C. The Balaban J connectivity index is 2.36. The minimum atomic E-state index is 0.182. The molecule has 3 aliphatic rings. The van der Waals surface area contributed by atoms with Gasteiger partial charge in [0.2, 0.25) is 5.91 Å². The summed E-state index contributed by atoms with van der Waals surface area (Å²) in [7, 11) is 0. The highest BCUT2D eigenvalue weighted by molar-refractivity contribution is 5.82. The highest BCUT2D eigenvalue weighted by atomic mass is 16.1. The first kappa shape index (κ1) is 7.84. The maximum atomic E-state index is 11.5. The molecule has 3 rings (SSSR count). The summed E-state index contributed by atoms with van der Waals surface area (Å²) in [5.74, 6) is 1.05. The number of fused-ring (bicyclic) bond motifs is 2. The fourth-order valence-corrected chi connectivity index (χ4v) is 2.53. The van der Waals surface area contributed by atoms with Crippen molar-refractivity contribution in [1.29, 1.82) is 0 Å². The van der Waals surface area contributed by atoms with Crippen molar-refractivity contribution in [2.24, 2.45) is 17.3 Å². The van der Waals surface area contributed by atoms with E-state index >= 15 is 0 Å². The van der Waals surface area contributed by atoms with Gasteiger partial charge in [-0.3, -0.25) is 4.79 Å². The number of nitrogens with one attached hydrogen (secondary N) is 1. The van der Waals surface area contributed by atoms with Crippen molar-refractivity contribution in [1.82, 2.24) is 5.32 Å². The zero-order valence-corrected chi connectivity index (χ0v) is 7.85. The molecule has 1 amide bonds. The molecule has 0 aromatic rings. The van der Waals surface area contributed by atoms with E-state index in [1.165, 1.54) is 5.57 Å². The normalized spacial score (nSPS) is 37.6. The molecule has 1 aliphatic carbocycles. The van der Waals surface area contributed by atoms with Crippen LogP contribution in [0.4, 0.5) is 0 Å². The number of allylic oxidation sites excluding steroid dienone is 1. The van der Waals surface area contributed by atoms with Crippen molar-refractivity contribution in [3.05, 3.63) is 11.8 Å². The molecule has 0 aromatic heterocycles. The van der Waals surface area contributed by atoms with Crippen LogP contribution in [0.15, 0.2) is 11.8 Å². The quantitative estimate of drug-likeness (QED) is 0.581. The lowest BCUT2D eigenvalue weighted by atomic mass is 9.53. The van der Waals surface area contributed by atoms with Gasteiger partial charge in [0, 0.05) is 12.1 Å². The summed E-state index contributed by atoms with van der Waals surface area (Å²) in [6.07, 6.45) is 2.92. The lowest BCUT2D eigenvalue weighted by Gasteiger charge is -2.50. The topological polar surface area (TPSA) is 29.1 Å². The zero-order valence-electron chi connectivity index (χ0n) is 7.85. The standard InChI is InChI=1S/C10H15NO/c1-6-5-11-9(12)8-4-7(6)10(8,2)3/h5,7-8H,4H2,1-3H3,(H,11,12). The Labute approximate surface area is 73.0 Å². The first-order chi connectivity index (χ1) is 5.53. The van der Waals surface area contributed by atoms with Gasteiger partial charge in [0.1, 0.15) is 0 Å². The Morgan fingerprint density at radius 1 is 1.50 bits per heavy atom. The summed E-state index contributed by atoms with van der Waals surface area (Å²) in [5, 5.41) is 2.84. The molecule has 0 spiro atoms. The summed E-state index contributed by atoms with van der Waals surface area (Å²) < 4.78 is 0. The van der Waals surface area contributed by atoms with Gasteiger partial charge in [-0.1, -0.05) is 19.4 Å². The van der Waals surface area contributed by atoms with Gasteiger partial charge in [0.05, 0.1) is 0 Å². The van der Waals surface area contributed by atoms with Crippen LogP contribution in [0.2, 0.25) is 0 Å². The van der Waals surface area contributed by atoms with Gasteiger partial charge in [-0.2, -0.15) is 0 Å². The van der Waals surface area contributed by atoms with Gasteiger partial charge in [0.25, 0.3) is 0 Å². The largest absolute Gasteiger partial charge is 0.332 e. The lowest BCUT2D eigenvalue weighted by Crippen LogP contribution is -2.49. The molecular weight excluding hydrogens is 150 g/mol. The van der Waals surface area contributed by atoms with E-state index in [-0.39, 0.29) is 17.2 Å². The fourth-order valence-electron chi connectivity index (χ4n) is 2.53. The van der Waals surface area contributed by atoms with Crippen molar-refractivity contribution in [2.45, 2.75) is 27.2 Å². The zero-order chi connectivity index (χ0) is 8.93. The predicted molar refractivity (Wildman–Crippen MR) is 47.3 cm³/mol. The van der Waals surface area contributed by atoms with Gasteiger partial charge in [-0.05, 0) is 24.7 Å². The van der Waals surface area contributed by atoms with Crippen LogP contribution < -0.4 is 5.32 Å². The Hall–Kier alpha value is -0.790. The van der Waals surface area contributed by atoms with E-state index in [9.17, 15) is 4.79 Å². The molecule has 0 saturated heterocycles. The van der Waals surface area contributed by atoms with Crippen molar-refractivity contribution < 1.29 is 4.79 Å². The molecule has 0 aromatic carbocycles. The molecule has 2 aliphatic heterocycles. The summed E-state index contributed by atoms with van der Waals surface area (Å²) in [6, 6.07) is 0. The minimum absolute atomic E-state index is 0.182. The molecule has 0 radical (unpaired) electrons. The Morgan fingerprint density at radius 3 is 2.75 bits per heavy atom. The van der Waals surface area contributed by atoms with Crippen LogP contribution in [0.3, 0.4) is 0 Å². The van der Waals surface area contributed by atoms with Crippen molar-refractivity contribution in [3.8, 4) is 0 Å². The molecule has 2 heterocycles. The molecule has 2 unspecified atom stereocenters. The fraction of sp³-hybridized carbons (Fsp3) is 0.700. The molecular formula is C10H15NO. The molecule has 1 N–H and O–H groups in total. The van der Waals surface area contributed by atoms with E-state index in [2.05, 4.69) is 26.1 Å². The van der Waals surface area contributed by atoms with E-state index < -0.39 is 0 Å². The van der Waals surface area contributed by atoms with Crippen LogP contribution in [0.5, 0.6) is 0 Å². The van der Waals surface area contributed by atoms with Crippen LogP contribution in [0.1, 0.15) is 27.2 Å². The summed E-state index contributed by atoms with van der Waals surface area (Å²) in [6.45, 7) is 6.48. The Bertz CT molecular complexity index is 265. The minimum Gasteiger partial charge on any atom is -0.332 e. The van der Waals surface area contributed by atoms with Gasteiger partial charge in [-0.15, -0.1) is 0 Å². The van der Waals surface area contributed by atoms with Crippen LogP contribution in [-0.2, 0) is 4.79 Å². The van der Waals surface area contributed by atoms with Crippen molar-refractivity contribution in [3.63, 3.8) is 0 Å². The highest BCUT2D eigenvalue weighted by Gasteiger charge is 2.53. The van der Waals surface area contributed by atoms with E-state index in [4.69, 9.17) is 0 Å². The number of carbonyl (C=O) groups excluding carboxylic acids is 1. The van der Waals surface area contributed by atoms with Crippen LogP contribution in [0.25, 0.3) is 0 Å². The lowest BCUT2D eigenvalue weighted by molar-refractivity contribution is -0.136. The van der Waals surface area contributed by atoms with Gasteiger partial charge in [0.15, 0.2) is 0 Å². The van der Waals surface area contributed by atoms with E-state index in [1.807, 2.05) is 6.20 Å². The van der Waals surface area contributed by atoms with Crippen LogP contribution in [-0.4, -0.2) is 5.91 Å². The molecule has 2 nitrogen and oxygen atoms in total. The van der Waals surface area contributed by atoms with Crippen LogP contribution >= 0.6 is 0 Å². The maximum absolute atomic E-state index is 11.5. The average Bonchev–Trinajstić information content (AvgIpc) is 2.16. The van der Waals surface area contributed by atoms with E-state index in [0.717, 1.165) is 6.42 Å².